The van der Waals surface area contributed by atoms with Gasteiger partial charge in [0.25, 0.3) is 0 Å². The van der Waals surface area contributed by atoms with Gasteiger partial charge < -0.3 is 44.1 Å². The molecular formula is C29H28F2N4O8. The Kier molecular flexibility index (Phi) is 6.25. The molecule has 5 atom stereocenters. The quantitative estimate of drug-likeness (QED) is 0.398. The van der Waals surface area contributed by atoms with Gasteiger partial charge in [-0.3, -0.25) is 4.79 Å². The van der Waals surface area contributed by atoms with Crippen molar-refractivity contribution < 1.29 is 47.5 Å². The first-order valence-corrected chi connectivity index (χ1v) is 13.7. The number of aromatic nitrogens is 2. The average Bonchev–Trinajstić information content (AvgIpc) is 3.61. The number of alkyl halides is 2. The predicted octanol–water partition coefficient (Wildman–Crippen LogP) is 2.38. The lowest BCUT2D eigenvalue weighted by Gasteiger charge is -2.34. The van der Waals surface area contributed by atoms with E-state index in [2.05, 4.69) is 25.0 Å². The van der Waals surface area contributed by atoms with Crippen molar-refractivity contribution in [1.29, 1.82) is 0 Å². The van der Waals surface area contributed by atoms with Crippen LogP contribution in [0.4, 0.5) is 14.6 Å². The number of hydrogen-bond donors (Lipinski definition) is 3. The summed E-state index contributed by atoms with van der Waals surface area (Å²) in [6, 6.07) is 11.0. The molecule has 4 aliphatic rings. The number of halogens is 2. The summed E-state index contributed by atoms with van der Waals surface area (Å²) >= 11 is 0. The molecule has 1 amide bonds. The van der Waals surface area contributed by atoms with Gasteiger partial charge in [-0.2, -0.15) is 0 Å². The molecule has 3 aromatic rings. The number of nitrogens with one attached hydrogen (secondary N) is 1. The molecule has 0 spiro atoms. The summed E-state index contributed by atoms with van der Waals surface area (Å²) in [4.78, 5) is 15.6. The summed E-state index contributed by atoms with van der Waals surface area (Å²) in [7, 11) is 1.54. The normalized spacial score (nSPS) is 28.0. The minimum atomic E-state index is -3.80. The van der Waals surface area contributed by atoms with Crippen LogP contribution in [0.1, 0.15) is 42.3 Å². The second-order valence-corrected chi connectivity index (χ2v) is 11.2. The number of carbonyl (C=O) groups excluding carboxylic acids is 1. The van der Waals surface area contributed by atoms with Crippen LogP contribution in [-0.4, -0.2) is 71.6 Å². The van der Waals surface area contributed by atoms with E-state index in [1.807, 2.05) is 6.07 Å². The average molecular weight is 599 g/mol. The number of hydrogen-bond acceptors (Lipinski definition) is 11. The molecule has 0 radical (unpaired) electrons. The number of carbonyl (C=O) groups is 1. The maximum Gasteiger partial charge on any atom is 0.586 e. The third kappa shape index (κ3) is 4.70. The molecule has 3 N–H and O–H groups in total. The lowest BCUT2D eigenvalue weighted by molar-refractivity contribution is -0.286. The summed E-state index contributed by atoms with van der Waals surface area (Å²) in [6.07, 6.45) is -5.79. The number of aliphatic hydroxyl groups is 2. The highest BCUT2D eigenvalue weighted by atomic mass is 19.3. The van der Waals surface area contributed by atoms with Crippen molar-refractivity contribution in [2.45, 2.75) is 49.4 Å². The number of fused-ring (bicyclic) bond motifs is 3. The zero-order valence-corrected chi connectivity index (χ0v) is 23.1. The van der Waals surface area contributed by atoms with Gasteiger partial charge in [-0.25, -0.2) is 0 Å². The van der Waals surface area contributed by atoms with Crippen molar-refractivity contribution in [2.75, 3.05) is 31.7 Å². The molecular weight excluding hydrogens is 570 g/mol. The second-order valence-electron chi connectivity index (χ2n) is 11.2. The number of anilines is 1. The molecule has 12 nitrogen and oxygen atoms in total. The zero-order chi connectivity index (χ0) is 30.1. The first-order valence-electron chi connectivity index (χ1n) is 13.7. The largest absolute Gasteiger partial charge is 0.586 e. The fraction of sp³-hybridized carbons (Fsp3) is 0.414. The Hall–Kier alpha value is -4.43. The van der Waals surface area contributed by atoms with Gasteiger partial charge in [-0.15, -0.1) is 19.0 Å². The van der Waals surface area contributed by atoms with Crippen molar-refractivity contribution in [1.82, 2.24) is 15.5 Å². The molecule has 4 aliphatic heterocycles. The number of aliphatic hydroxyl groups excluding tert-OH is 2. The highest BCUT2D eigenvalue weighted by molar-refractivity contribution is 5.90. The van der Waals surface area contributed by atoms with E-state index in [9.17, 15) is 23.8 Å². The predicted molar refractivity (Wildman–Crippen MR) is 144 cm³/mol. The standard InChI is InChI=1S/C29H28F2N4O8/c1-28(13-40-22-10-25-24(8-16(22)28)42-29(30,31)43-25)27(38)32-18-9-23(41-21-7-14(39-2)3-4-15(18)21)17-5-6-26(34-33-17)35-11-19(36)20(37)12-35/h3-8,10,18-20,23,36-37H,9,11-13H2,1-2H3,(H,32,38)/t18-,19-,20-,23-,28?/m1/s1. The van der Waals surface area contributed by atoms with Gasteiger partial charge in [-0.1, -0.05) is 0 Å². The van der Waals surface area contributed by atoms with Gasteiger partial charge in [0, 0.05) is 42.8 Å². The number of nitrogens with zero attached hydrogens (tertiary/aromatic N) is 3. The van der Waals surface area contributed by atoms with E-state index in [0.29, 0.717) is 35.0 Å². The molecule has 2 aromatic carbocycles. The van der Waals surface area contributed by atoms with E-state index < -0.39 is 36.1 Å². The van der Waals surface area contributed by atoms with Gasteiger partial charge in [0.1, 0.15) is 41.1 Å². The van der Waals surface area contributed by atoms with E-state index in [0.717, 1.165) is 5.56 Å². The molecule has 0 aliphatic carbocycles. The first kappa shape index (κ1) is 27.4. The van der Waals surface area contributed by atoms with Crippen molar-refractivity contribution >= 4 is 11.7 Å². The third-order valence-corrected chi connectivity index (χ3v) is 8.32. The smallest absolute Gasteiger partial charge is 0.497 e. The second kappa shape index (κ2) is 9.81. The Bertz CT molecular complexity index is 1580. The Balaban J connectivity index is 1.15. The molecule has 1 unspecified atom stereocenters. The monoisotopic (exact) mass is 598 g/mol. The molecule has 0 bridgehead atoms. The van der Waals surface area contributed by atoms with Gasteiger partial charge in [0.2, 0.25) is 5.91 Å². The Labute approximate surface area is 244 Å². The van der Waals surface area contributed by atoms with Gasteiger partial charge >= 0.3 is 6.29 Å². The third-order valence-electron chi connectivity index (χ3n) is 8.32. The Morgan fingerprint density at radius 1 is 1.02 bits per heavy atom. The van der Waals surface area contributed by atoms with E-state index >= 15 is 0 Å². The van der Waals surface area contributed by atoms with Crippen molar-refractivity contribution in [3.8, 4) is 28.7 Å². The summed E-state index contributed by atoms with van der Waals surface area (Å²) in [6.45, 7) is 2.15. The lowest BCUT2D eigenvalue weighted by atomic mass is 9.82. The van der Waals surface area contributed by atoms with Crippen molar-refractivity contribution in [3.63, 3.8) is 0 Å². The highest BCUT2D eigenvalue weighted by Gasteiger charge is 2.49. The molecule has 226 valence electrons. The number of rotatable bonds is 5. The summed E-state index contributed by atoms with van der Waals surface area (Å²) in [5, 5.41) is 31.5. The van der Waals surface area contributed by atoms with Crippen LogP contribution >= 0.6 is 0 Å². The van der Waals surface area contributed by atoms with E-state index in [-0.39, 0.29) is 42.9 Å². The summed E-state index contributed by atoms with van der Waals surface area (Å²) in [5.41, 5.74) is 0.440. The molecule has 14 heteroatoms. The molecule has 5 heterocycles. The number of ether oxygens (including phenoxy) is 5. The fourth-order valence-electron chi connectivity index (χ4n) is 5.86. The van der Waals surface area contributed by atoms with Gasteiger partial charge in [-0.05, 0) is 37.3 Å². The van der Waals surface area contributed by atoms with Crippen LogP contribution in [0.2, 0.25) is 0 Å². The molecule has 7 rings (SSSR count). The van der Waals surface area contributed by atoms with E-state index in [4.69, 9.17) is 14.2 Å². The van der Waals surface area contributed by atoms with Crippen LogP contribution in [0, 0.1) is 0 Å². The number of β-amino-alcohol motifs (C(OH)–C–C–N with tert-alkyl or cyclic N) is 2. The van der Waals surface area contributed by atoms with Crippen LogP contribution in [0.25, 0.3) is 0 Å². The van der Waals surface area contributed by atoms with Crippen LogP contribution in [0.15, 0.2) is 42.5 Å². The molecule has 1 fully saturated rings. The maximum atomic E-state index is 13.9. The van der Waals surface area contributed by atoms with Crippen LogP contribution in [-0.2, 0) is 10.2 Å². The topological polar surface area (TPSA) is 145 Å². The Morgan fingerprint density at radius 2 is 1.77 bits per heavy atom. The Morgan fingerprint density at radius 3 is 2.47 bits per heavy atom. The van der Waals surface area contributed by atoms with Crippen LogP contribution < -0.4 is 33.9 Å². The zero-order valence-electron chi connectivity index (χ0n) is 23.1. The van der Waals surface area contributed by atoms with E-state index in [1.54, 1.807) is 36.1 Å². The van der Waals surface area contributed by atoms with Crippen LogP contribution in [0.3, 0.4) is 0 Å². The molecule has 1 aromatic heterocycles. The van der Waals surface area contributed by atoms with Crippen molar-refractivity contribution in [3.05, 3.63) is 59.3 Å². The molecule has 1 saturated heterocycles. The highest BCUT2D eigenvalue weighted by Crippen LogP contribution is 2.50. The maximum absolute atomic E-state index is 13.9. The van der Waals surface area contributed by atoms with Crippen molar-refractivity contribution in [2.24, 2.45) is 0 Å². The number of amides is 1. The van der Waals surface area contributed by atoms with E-state index in [1.165, 1.54) is 19.2 Å². The minimum Gasteiger partial charge on any atom is -0.497 e. The lowest BCUT2D eigenvalue weighted by Crippen LogP contribution is -2.46. The van der Waals surface area contributed by atoms with Gasteiger partial charge in [0.15, 0.2) is 17.3 Å². The fourth-order valence-corrected chi connectivity index (χ4v) is 5.86. The SMILES string of the molecule is COc1ccc2c(c1)O[C@@H](c1ccc(N3C[C@@H](O)[C@H](O)C3)nn1)C[C@H]2NC(=O)C1(C)COc2cc3c(cc21)OC(F)(F)O3. The summed E-state index contributed by atoms with van der Waals surface area (Å²) < 4.78 is 53.9. The molecule has 0 saturated carbocycles. The number of benzene rings is 2. The molecule has 43 heavy (non-hydrogen) atoms. The first-order chi connectivity index (χ1) is 20.5. The summed E-state index contributed by atoms with van der Waals surface area (Å²) in [5.74, 6) is 1.13. The van der Waals surface area contributed by atoms with Crippen LogP contribution in [0.5, 0.6) is 28.7 Å². The number of methoxy groups -OCH3 is 1. The minimum absolute atomic E-state index is 0.0115. The van der Waals surface area contributed by atoms with Gasteiger partial charge in [0.05, 0.1) is 25.4 Å².